The minimum absolute atomic E-state index is 0.0603. The van der Waals surface area contributed by atoms with Crippen LogP contribution in [-0.4, -0.2) is 63.6 Å². The summed E-state index contributed by atoms with van der Waals surface area (Å²) in [4.78, 5) is 15.5. The Kier molecular flexibility index (Phi) is 6.02. The number of alkyl halides is 1. The lowest BCUT2D eigenvalue weighted by molar-refractivity contribution is -0.134. The number of benzene rings is 1. The molecule has 1 amide bonds. The lowest BCUT2D eigenvalue weighted by Crippen LogP contribution is -2.55. The van der Waals surface area contributed by atoms with Gasteiger partial charge in [0.15, 0.2) is 5.84 Å². The van der Waals surface area contributed by atoms with E-state index in [1.807, 2.05) is 0 Å². The Morgan fingerprint density at radius 3 is 2.58 bits per heavy atom. The molecule has 5 aliphatic rings. The number of aliphatic hydroxyl groups is 1. The summed E-state index contributed by atoms with van der Waals surface area (Å²) in [5, 5.41) is 14.3. The first-order valence-corrected chi connectivity index (χ1v) is 16.4. The number of nitrogens with one attached hydrogen (secondary N) is 2. The largest absolute Gasteiger partial charge is 0.511 e. The topological polar surface area (TPSA) is 145 Å². The number of anilines is 2. The Morgan fingerprint density at radius 2 is 1.87 bits per heavy atom. The maximum Gasteiger partial charge on any atom is 0.286 e. The van der Waals surface area contributed by atoms with Crippen LogP contribution in [0.1, 0.15) is 44.9 Å². The zero-order chi connectivity index (χ0) is 27.0. The third-order valence-electron chi connectivity index (χ3n) is 8.77. The lowest BCUT2D eigenvalue weighted by atomic mass is 9.77. The molecule has 13 heteroatoms. The van der Waals surface area contributed by atoms with Gasteiger partial charge in [0.1, 0.15) is 22.4 Å². The zero-order valence-electron chi connectivity index (χ0n) is 20.9. The first-order chi connectivity index (χ1) is 17.9. The first-order valence-electron chi connectivity index (χ1n) is 13.0. The number of aliphatic hydroxyl groups excluding tert-OH is 1. The Hall–Kier alpha value is -2.67. The number of nitrogens with zero attached hydrogens (tertiary/aromatic N) is 2. The number of hydrogen-bond acceptors (Lipinski definition) is 7. The van der Waals surface area contributed by atoms with Gasteiger partial charge < -0.3 is 15.3 Å². The molecule has 6 rings (SSSR count). The molecule has 0 aromatic heterocycles. The number of carbonyl (C=O) groups excluding carboxylic acids is 1. The number of hydrogen-bond donors (Lipinski definition) is 3. The van der Waals surface area contributed by atoms with Gasteiger partial charge in [0.05, 0.1) is 11.9 Å². The van der Waals surface area contributed by atoms with E-state index < -0.39 is 32.1 Å². The van der Waals surface area contributed by atoms with E-state index in [9.17, 15) is 31.1 Å². The second kappa shape index (κ2) is 8.94. The lowest BCUT2D eigenvalue weighted by Gasteiger charge is -2.45. The standard InChI is InChI=1S/C25H31FN4O6S2/c1-37(33,34)28-17-8-9-18-19(11-17)38(35,36)29-24(27-18)21-23(31)20-14-4-5-15(10-14)22(20)30(25(21)32)12-13-2-6-16(26)7-3-13/h8-9,11,13-16,20,22,28,31H,2-7,10,12H2,1H3,(H,27,29)/t13?,14-,15+,16?,20?,22?/m0/s1. The zero-order valence-corrected chi connectivity index (χ0v) is 22.6. The molecule has 4 atom stereocenters. The van der Waals surface area contributed by atoms with Gasteiger partial charge in [-0.1, -0.05) is 0 Å². The quantitative estimate of drug-likeness (QED) is 0.496. The average molecular weight is 567 g/mol. The van der Waals surface area contributed by atoms with Crippen LogP contribution in [-0.2, 0) is 24.8 Å². The minimum Gasteiger partial charge on any atom is -0.511 e. The Balaban J connectivity index is 1.37. The van der Waals surface area contributed by atoms with Crippen molar-refractivity contribution in [3.8, 4) is 0 Å². The number of fused-ring (bicyclic) bond motifs is 6. The predicted molar refractivity (Wildman–Crippen MR) is 139 cm³/mol. The fourth-order valence-electron chi connectivity index (χ4n) is 7.20. The van der Waals surface area contributed by atoms with Crippen LogP contribution >= 0.6 is 0 Å². The van der Waals surface area contributed by atoms with Crippen LogP contribution < -0.4 is 10.0 Å². The van der Waals surface area contributed by atoms with Gasteiger partial charge in [0, 0.05) is 24.2 Å². The minimum atomic E-state index is -4.32. The number of halogens is 1. The second-order valence-corrected chi connectivity index (χ2v) is 14.6. The summed E-state index contributed by atoms with van der Waals surface area (Å²) in [5.41, 5.74) is 0.0562. The van der Waals surface area contributed by atoms with Crippen molar-refractivity contribution in [3.05, 3.63) is 29.5 Å². The summed E-state index contributed by atoms with van der Waals surface area (Å²) in [6, 6.07) is 3.82. The van der Waals surface area contributed by atoms with Crippen LogP contribution in [0, 0.1) is 23.7 Å². The molecule has 3 saturated carbocycles. The number of amidine groups is 1. The summed E-state index contributed by atoms with van der Waals surface area (Å²) in [6.45, 7) is 0.448. The molecule has 2 bridgehead atoms. The monoisotopic (exact) mass is 566 g/mol. The number of sulfonamides is 2. The van der Waals surface area contributed by atoms with Crippen molar-refractivity contribution < 1.29 is 31.1 Å². The van der Waals surface area contributed by atoms with Gasteiger partial charge >= 0.3 is 0 Å². The Bertz CT molecular complexity index is 1470. The van der Waals surface area contributed by atoms with E-state index in [0.717, 1.165) is 31.6 Å². The molecular formula is C25H31FN4O6S2. The normalized spacial score (nSPS) is 33.9. The molecule has 3 N–H and O–H groups in total. The number of rotatable bonds is 5. The van der Waals surface area contributed by atoms with E-state index >= 15 is 0 Å². The highest BCUT2D eigenvalue weighted by Gasteiger charge is 2.57. The summed E-state index contributed by atoms with van der Waals surface area (Å²) in [5.74, 6) is -0.457. The first kappa shape index (κ1) is 25.6. The molecule has 3 aliphatic carbocycles. The van der Waals surface area contributed by atoms with Crippen LogP contribution in [0.2, 0.25) is 0 Å². The van der Waals surface area contributed by atoms with Crippen molar-refractivity contribution in [1.29, 1.82) is 0 Å². The van der Waals surface area contributed by atoms with Crippen LogP contribution in [0.15, 0.2) is 38.8 Å². The van der Waals surface area contributed by atoms with E-state index in [0.29, 0.717) is 32.2 Å². The molecule has 0 spiro atoms. The maximum absolute atomic E-state index is 14.0. The van der Waals surface area contributed by atoms with Crippen molar-refractivity contribution in [2.45, 2.75) is 62.1 Å². The van der Waals surface area contributed by atoms with Crippen LogP contribution in [0.3, 0.4) is 0 Å². The highest BCUT2D eigenvalue weighted by Crippen LogP contribution is 2.55. The Morgan fingerprint density at radius 1 is 1.16 bits per heavy atom. The van der Waals surface area contributed by atoms with Crippen molar-refractivity contribution in [1.82, 2.24) is 4.90 Å². The van der Waals surface area contributed by atoms with Gasteiger partial charge in [-0.3, -0.25) is 9.52 Å². The van der Waals surface area contributed by atoms with Crippen LogP contribution in [0.25, 0.3) is 0 Å². The molecule has 2 aliphatic heterocycles. The summed E-state index contributed by atoms with van der Waals surface area (Å²) in [6.07, 6.45) is 5.30. The molecule has 2 unspecified atom stereocenters. The molecule has 0 radical (unpaired) electrons. The van der Waals surface area contributed by atoms with Crippen LogP contribution in [0.4, 0.5) is 15.8 Å². The third kappa shape index (κ3) is 4.37. The molecule has 206 valence electrons. The maximum atomic E-state index is 14.0. The Labute approximate surface area is 221 Å². The van der Waals surface area contributed by atoms with Gasteiger partial charge in [0.25, 0.3) is 15.9 Å². The van der Waals surface area contributed by atoms with Crippen LogP contribution in [0.5, 0.6) is 0 Å². The molecule has 0 saturated heterocycles. The van der Waals surface area contributed by atoms with E-state index in [1.165, 1.54) is 12.1 Å². The smallest absolute Gasteiger partial charge is 0.286 e. The molecule has 1 aromatic rings. The van der Waals surface area contributed by atoms with Crippen molar-refractivity contribution in [2.24, 2.45) is 28.1 Å². The summed E-state index contributed by atoms with van der Waals surface area (Å²) in [7, 11) is -7.95. The highest BCUT2D eigenvalue weighted by atomic mass is 32.2. The average Bonchev–Trinajstić information content (AvgIpc) is 3.45. The van der Waals surface area contributed by atoms with E-state index in [2.05, 4.69) is 14.4 Å². The van der Waals surface area contributed by atoms with Gasteiger partial charge in [-0.2, -0.15) is 8.42 Å². The van der Waals surface area contributed by atoms with Gasteiger partial charge in [-0.25, -0.2) is 12.8 Å². The fourth-order valence-corrected chi connectivity index (χ4v) is 8.91. The highest BCUT2D eigenvalue weighted by molar-refractivity contribution is 7.92. The molecule has 2 heterocycles. The van der Waals surface area contributed by atoms with Crippen molar-refractivity contribution >= 4 is 43.2 Å². The third-order valence-corrected chi connectivity index (χ3v) is 10.7. The summed E-state index contributed by atoms with van der Waals surface area (Å²) < 4.78 is 69.4. The fraction of sp³-hybridized carbons (Fsp3) is 0.600. The van der Waals surface area contributed by atoms with E-state index in [1.54, 1.807) is 4.90 Å². The van der Waals surface area contributed by atoms with Gasteiger partial charge in [-0.05, 0) is 80.9 Å². The second-order valence-electron chi connectivity index (χ2n) is 11.3. The summed E-state index contributed by atoms with van der Waals surface area (Å²) >= 11 is 0. The van der Waals surface area contributed by atoms with Gasteiger partial charge in [0.2, 0.25) is 10.0 Å². The van der Waals surface area contributed by atoms with E-state index in [4.69, 9.17) is 0 Å². The molecule has 10 nitrogen and oxygen atoms in total. The molecule has 38 heavy (non-hydrogen) atoms. The molecule has 3 fully saturated rings. The number of carbonyl (C=O) groups is 1. The van der Waals surface area contributed by atoms with Crippen molar-refractivity contribution in [2.75, 3.05) is 22.8 Å². The van der Waals surface area contributed by atoms with Gasteiger partial charge in [-0.15, -0.1) is 4.40 Å². The number of amides is 1. The van der Waals surface area contributed by atoms with E-state index in [-0.39, 0.29) is 63.2 Å². The SMILES string of the molecule is CS(=O)(=O)Nc1ccc2c(c1)S(=O)(=O)N=C(C1=C(O)C3C([C@@H]4CC[C@H]3C4)N(CC3CCC(F)CC3)C1=O)N2. The van der Waals surface area contributed by atoms with Crippen molar-refractivity contribution in [3.63, 3.8) is 0 Å². The predicted octanol–water partition coefficient (Wildman–Crippen LogP) is 3.17. The molecule has 1 aromatic carbocycles. The molecular weight excluding hydrogens is 535 g/mol.